The van der Waals surface area contributed by atoms with Gasteiger partial charge < -0.3 is 21.7 Å². The maximum atomic E-state index is 12.8. The molecule has 29 heavy (non-hydrogen) atoms. The first-order chi connectivity index (χ1) is 14.1. The van der Waals surface area contributed by atoms with E-state index in [4.69, 9.17) is 5.73 Å². The third-order valence-electron chi connectivity index (χ3n) is 5.41. The van der Waals surface area contributed by atoms with Gasteiger partial charge in [0.2, 0.25) is 0 Å². The molecule has 0 unspecified atom stereocenters. The summed E-state index contributed by atoms with van der Waals surface area (Å²) in [6.07, 6.45) is 4.01. The predicted octanol–water partition coefficient (Wildman–Crippen LogP) is 2.92. The maximum absolute atomic E-state index is 12.8. The Hall–Kier alpha value is -2.71. The van der Waals surface area contributed by atoms with Gasteiger partial charge in [0.15, 0.2) is 0 Å². The number of carbonyl (C=O) groups excluding carboxylic acids is 1. The fourth-order valence-electron chi connectivity index (χ4n) is 3.69. The second-order valence-electron chi connectivity index (χ2n) is 7.48. The average Bonchev–Trinajstić information content (AvgIpc) is 3.12. The number of nitrogens with two attached hydrogens (primary N) is 1. The van der Waals surface area contributed by atoms with E-state index in [2.05, 4.69) is 25.3 Å². The van der Waals surface area contributed by atoms with Crippen molar-refractivity contribution in [1.29, 1.82) is 0 Å². The van der Waals surface area contributed by atoms with Crippen molar-refractivity contribution in [2.75, 3.05) is 30.7 Å². The fraction of sp³-hybridized carbons (Fsp3) is 0.381. The van der Waals surface area contributed by atoms with Crippen LogP contribution in [-0.4, -0.2) is 34.9 Å². The van der Waals surface area contributed by atoms with Crippen molar-refractivity contribution in [2.45, 2.75) is 26.3 Å². The number of hydrogen-bond acceptors (Lipinski definition) is 7. The van der Waals surface area contributed by atoms with Crippen molar-refractivity contribution in [3.8, 4) is 0 Å². The molecule has 0 saturated carbocycles. The molecule has 4 rings (SSSR count). The minimum atomic E-state index is -0.0993. The first-order valence-electron chi connectivity index (χ1n) is 9.94. The van der Waals surface area contributed by atoms with E-state index in [0.29, 0.717) is 23.2 Å². The lowest BCUT2D eigenvalue weighted by Crippen LogP contribution is -2.31. The monoisotopic (exact) mass is 410 g/mol. The van der Waals surface area contributed by atoms with Crippen molar-refractivity contribution < 1.29 is 4.79 Å². The molecule has 0 aliphatic carbocycles. The number of nitrogen functional groups attached to an aromatic ring is 1. The largest absolute Gasteiger partial charge is 0.383 e. The van der Waals surface area contributed by atoms with Crippen LogP contribution in [-0.2, 0) is 6.54 Å². The number of carbonyl (C=O) groups is 1. The van der Waals surface area contributed by atoms with E-state index in [1.54, 1.807) is 6.20 Å². The first-order valence-corrected chi connectivity index (χ1v) is 10.7. The van der Waals surface area contributed by atoms with Crippen molar-refractivity contribution in [2.24, 2.45) is 5.92 Å². The molecular formula is C21H26N6OS. The predicted molar refractivity (Wildman–Crippen MR) is 118 cm³/mol. The molecule has 0 atom stereocenters. The highest BCUT2D eigenvalue weighted by atomic mass is 32.1. The summed E-state index contributed by atoms with van der Waals surface area (Å²) in [5.41, 5.74) is 8.67. The van der Waals surface area contributed by atoms with Gasteiger partial charge in [-0.15, -0.1) is 0 Å². The van der Waals surface area contributed by atoms with Crippen LogP contribution in [0.5, 0.6) is 0 Å². The summed E-state index contributed by atoms with van der Waals surface area (Å²) < 4.78 is 4.39. The van der Waals surface area contributed by atoms with Crippen LogP contribution in [0, 0.1) is 12.8 Å². The summed E-state index contributed by atoms with van der Waals surface area (Å²) in [4.78, 5) is 17.6. The van der Waals surface area contributed by atoms with Gasteiger partial charge in [0, 0.05) is 24.7 Å². The number of aromatic nitrogens is 2. The fourth-order valence-corrected chi connectivity index (χ4v) is 4.47. The quantitative estimate of drug-likeness (QED) is 0.498. The average molecular weight is 411 g/mol. The van der Waals surface area contributed by atoms with Crippen LogP contribution in [0.1, 0.15) is 33.8 Å². The van der Waals surface area contributed by atoms with Crippen LogP contribution in [0.4, 0.5) is 11.5 Å². The van der Waals surface area contributed by atoms with E-state index in [-0.39, 0.29) is 5.91 Å². The summed E-state index contributed by atoms with van der Waals surface area (Å²) in [5, 5.41) is 11.8. The molecule has 0 bridgehead atoms. The Balaban J connectivity index is 1.41. The summed E-state index contributed by atoms with van der Waals surface area (Å²) in [5.74, 6) is 1.05. The third-order valence-corrected chi connectivity index (χ3v) is 6.35. The SMILES string of the molecule is Cc1nsc(C(=O)NCc2ccc3c(N)nccc3c2)c1NCC1CCNCC1. The molecule has 0 spiro atoms. The Morgan fingerprint density at radius 3 is 2.97 bits per heavy atom. The minimum Gasteiger partial charge on any atom is -0.383 e. The number of anilines is 2. The van der Waals surface area contributed by atoms with Crippen molar-refractivity contribution >= 4 is 39.7 Å². The molecule has 0 radical (unpaired) electrons. The highest BCUT2D eigenvalue weighted by Gasteiger charge is 2.19. The lowest BCUT2D eigenvalue weighted by Gasteiger charge is -2.23. The smallest absolute Gasteiger partial charge is 0.265 e. The Morgan fingerprint density at radius 2 is 2.14 bits per heavy atom. The Bertz CT molecular complexity index is 1010. The Kier molecular flexibility index (Phi) is 5.92. The lowest BCUT2D eigenvalue weighted by atomic mass is 9.98. The Morgan fingerprint density at radius 1 is 1.31 bits per heavy atom. The number of hydrogen-bond donors (Lipinski definition) is 4. The van der Waals surface area contributed by atoms with E-state index in [1.165, 1.54) is 11.5 Å². The van der Waals surface area contributed by atoms with E-state index in [1.807, 2.05) is 31.2 Å². The highest BCUT2D eigenvalue weighted by Crippen LogP contribution is 2.26. The van der Waals surface area contributed by atoms with Crippen molar-refractivity contribution in [1.82, 2.24) is 20.0 Å². The molecule has 1 aliphatic rings. The van der Waals surface area contributed by atoms with Gasteiger partial charge in [0.1, 0.15) is 10.7 Å². The molecule has 152 valence electrons. The molecule has 1 saturated heterocycles. The third kappa shape index (κ3) is 4.49. The maximum Gasteiger partial charge on any atom is 0.265 e. The van der Waals surface area contributed by atoms with Gasteiger partial charge in [-0.2, -0.15) is 4.37 Å². The van der Waals surface area contributed by atoms with Crippen LogP contribution in [0.15, 0.2) is 30.5 Å². The lowest BCUT2D eigenvalue weighted by molar-refractivity contribution is 0.0955. The van der Waals surface area contributed by atoms with Gasteiger partial charge in [-0.3, -0.25) is 4.79 Å². The molecule has 2 aromatic heterocycles. The van der Waals surface area contributed by atoms with Gasteiger partial charge in [-0.1, -0.05) is 12.1 Å². The van der Waals surface area contributed by atoms with E-state index < -0.39 is 0 Å². The number of rotatable bonds is 6. The van der Waals surface area contributed by atoms with Gasteiger partial charge in [-0.25, -0.2) is 4.98 Å². The number of amides is 1. The first kappa shape index (κ1) is 19.6. The number of piperidine rings is 1. The topological polar surface area (TPSA) is 105 Å². The van der Waals surface area contributed by atoms with Crippen LogP contribution in [0.3, 0.4) is 0 Å². The van der Waals surface area contributed by atoms with Gasteiger partial charge >= 0.3 is 0 Å². The molecule has 7 nitrogen and oxygen atoms in total. The zero-order valence-electron chi connectivity index (χ0n) is 16.5. The van der Waals surface area contributed by atoms with E-state index in [9.17, 15) is 4.79 Å². The van der Waals surface area contributed by atoms with E-state index >= 15 is 0 Å². The molecule has 1 aromatic carbocycles. The summed E-state index contributed by atoms with van der Waals surface area (Å²) in [7, 11) is 0. The molecular weight excluding hydrogens is 384 g/mol. The minimum absolute atomic E-state index is 0.0993. The highest BCUT2D eigenvalue weighted by molar-refractivity contribution is 7.08. The number of pyridine rings is 1. The zero-order chi connectivity index (χ0) is 20.2. The molecule has 1 amide bonds. The zero-order valence-corrected chi connectivity index (χ0v) is 17.3. The molecule has 5 N–H and O–H groups in total. The molecule has 1 fully saturated rings. The van der Waals surface area contributed by atoms with Crippen LogP contribution < -0.4 is 21.7 Å². The summed E-state index contributed by atoms with van der Waals surface area (Å²) in [6, 6.07) is 7.87. The molecule has 1 aliphatic heterocycles. The van der Waals surface area contributed by atoms with Crippen LogP contribution >= 0.6 is 11.5 Å². The standard InChI is InChI=1S/C21H26N6OS/c1-13-18(25-11-14-4-7-23-8-5-14)19(29-27-13)21(28)26-12-15-2-3-17-16(10-15)6-9-24-20(17)22/h2-3,6,9-10,14,23,25H,4-5,7-8,11-12H2,1H3,(H2,22,24)(H,26,28). The van der Waals surface area contributed by atoms with Crippen LogP contribution in [0.25, 0.3) is 10.8 Å². The second kappa shape index (κ2) is 8.75. The number of benzene rings is 1. The van der Waals surface area contributed by atoms with E-state index in [0.717, 1.165) is 60.2 Å². The number of fused-ring (bicyclic) bond motifs is 1. The number of nitrogens with zero attached hydrogens (tertiary/aromatic N) is 2. The van der Waals surface area contributed by atoms with Gasteiger partial charge in [0.25, 0.3) is 5.91 Å². The van der Waals surface area contributed by atoms with Crippen molar-refractivity contribution in [3.63, 3.8) is 0 Å². The van der Waals surface area contributed by atoms with Gasteiger partial charge in [-0.05, 0) is 73.4 Å². The van der Waals surface area contributed by atoms with Gasteiger partial charge in [0.05, 0.1) is 11.4 Å². The molecule has 3 aromatic rings. The number of nitrogens with one attached hydrogen (secondary N) is 3. The molecule has 8 heteroatoms. The normalized spacial score (nSPS) is 14.8. The molecule has 3 heterocycles. The summed E-state index contributed by atoms with van der Waals surface area (Å²) >= 11 is 1.25. The summed E-state index contributed by atoms with van der Waals surface area (Å²) in [6.45, 7) is 5.39. The van der Waals surface area contributed by atoms with Crippen molar-refractivity contribution in [3.05, 3.63) is 46.6 Å². The second-order valence-corrected chi connectivity index (χ2v) is 8.25. The number of aryl methyl sites for hydroxylation is 1. The van der Waals surface area contributed by atoms with Crippen LogP contribution in [0.2, 0.25) is 0 Å². The Labute approximate surface area is 174 Å².